The molecule has 0 radical (unpaired) electrons. The number of hydrogen-bond donors (Lipinski definition) is 2. The molecular formula is C20H18N4O. The molecule has 0 aliphatic heterocycles. The lowest BCUT2D eigenvalue weighted by Crippen LogP contribution is -2.06. The van der Waals surface area contributed by atoms with Crippen molar-refractivity contribution in [3.63, 3.8) is 0 Å². The van der Waals surface area contributed by atoms with Crippen molar-refractivity contribution in [2.24, 2.45) is 0 Å². The van der Waals surface area contributed by atoms with Gasteiger partial charge >= 0.3 is 0 Å². The Bertz CT molecular complexity index is 1030. The third-order valence-corrected chi connectivity index (χ3v) is 3.59. The van der Waals surface area contributed by atoms with Crippen molar-refractivity contribution in [3.8, 4) is 0 Å². The Labute approximate surface area is 145 Å². The maximum absolute atomic E-state index is 10.8. The van der Waals surface area contributed by atoms with Crippen LogP contribution in [0, 0.1) is 0 Å². The summed E-state index contributed by atoms with van der Waals surface area (Å²) in [6, 6.07) is 19.6. The molecule has 0 aliphatic rings. The van der Waals surface area contributed by atoms with E-state index in [1.165, 1.54) is 6.92 Å². The van der Waals surface area contributed by atoms with Crippen LogP contribution in [-0.4, -0.2) is 15.9 Å². The molecule has 124 valence electrons. The highest BCUT2D eigenvalue weighted by Gasteiger charge is 1.98. The van der Waals surface area contributed by atoms with E-state index >= 15 is 0 Å². The number of aromatic nitrogens is 2. The highest BCUT2D eigenvalue weighted by Crippen LogP contribution is 2.16. The fourth-order valence-electron chi connectivity index (χ4n) is 2.43. The van der Waals surface area contributed by atoms with Gasteiger partial charge in [0.15, 0.2) is 0 Å². The first-order chi connectivity index (χ1) is 12.1. The van der Waals surface area contributed by atoms with Crippen LogP contribution >= 0.6 is 0 Å². The zero-order valence-electron chi connectivity index (χ0n) is 13.8. The molecule has 0 unspecified atom stereocenters. The number of nitrogens with zero attached hydrogens (tertiary/aromatic N) is 2. The summed E-state index contributed by atoms with van der Waals surface area (Å²) in [6.07, 6.45) is 3.53. The Kier molecular flexibility index (Phi) is 4.85. The zero-order chi connectivity index (χ0) is 17.6. The van der Waals surface area contributed by atoms with Crippen molar-refractivity contribution in [1.29, 1.82) is 0 Å². The highest BCUT2D eigenvalue weighted by atomic mass is 16.1. The van der Waals surface area contributed by atoms with Crippen LogP contribution in [0.2, 0.25) is 0 Å². The topological polar surface area (TPSA) is 80.9 Å². The predicted molar refractivity (Wildman–Crippen MR) is 102 cm³/mol. The summed E-state index contributed by atoms with van der Waals surface area (Å²) in [5.41, 5.74) is 5.51. The van der Waals surface area contributed by atoms with Crippen LogP contribution in [0.25, 0.3) is 21.5 Å². The molecular weight excluding hydrogens is 312 g/mol. The molecule has 2 heterocycles. The van der Waals surface area contributed by atoms with E-state index in [1.54, 1.807) is 12.4 Å². The van der Waals surface area contributed by atoms with Crippen LogP contribution in [0.5, 0.6) is 0 Å². The first-order valence-corrected chi connectivity index (χ1v) is 7.84. The fraction of sp³-hybridized carbons (Fsp3) is 0.0500. The molecule has 0 spiro atoms. The maximum atomic E-state index is 10.8. The molecule has 3 N–H and O–H groups in total. The first-order valence-electron chi connectivity index (χ1n) is 7.84. The molecule has 25 heavy (non-hydrogen) atoms. The van der Waals surface area contributed by atoms with Crippen LogP contribution in [0.3, 0.4) is 0 Å². The Balaban J connectivity index is 0.000000150. The minimum Gasteiger partial charge on any atom is -0.384 e. The quantitative estimate of drug-likeness (QED) is 0.552. The average molecular weight is 330 g/mol. The molecule has 0 atom stereocenters. The van der Waals surface area contributed by atoms with E-state index < -0.39 is 0 Å². The minimum atomic E-state index is -0.104. The van der Waals surface area contributed by atoms with Crippen molar-refractivity contribution in [2.45, 2.75) is 6.92 Å². The molecule has 0 bridgehead atoms. The third-order valence-electron chi connectivity index (χ3n) is 3.59. The van der Waals surface area contributed by atoms with Crippen molar-refractivity contribution in [2.75, 3.05) is 11.1 Å². The van der Waals surface area contributed by atoms with Gasteiger partial charge in [-0.1, -0.05) is 48.5 Å². The van der Waals surface area contributed by atoms with Gasteiger partial charge in [-0.05, 0) is 22.9 Å². The summed E-state index contributed by atoms with van der Waals surface area (Å²) in [4.78, 5) is 18.9. The van der Waals surface area contributed by atoms with Crippen LogP contribution in [0.15, 0.2) is 73.1 Å². The third kappa shape index (κ3) is 4.29. The number of fused-ring (bicyclic) bond motifs is 2. The fourth-order valence-corrected chi connectivity index (χ4v) is 2.43. The number of carbonyl (C=O) groups is 1. The van der Waals surface area contributed by atoms with Gasteiger partial charge < -0.3 is 11.1 Å². The lowest BCUT2D eigenvalue weighted by atomic mass is 10.2. The van der Waals surface area contributed by atoms with Gasteiger partial charge in [-0.3, -0.25) is 4.79 Å². The van der Waals surface area contributed by atoms with Gasteiger partial charge in [-0.2, -0.15) is 0 Å². The van der Waals surface area contributed by atoms with E-state index in [4.69, 9.17) is 5.73 Å². The van der Waals surface area contributed by atoms with Gasteiger partial charge in [0.05, 0.1) is 0 Å². The van der Waals surface area contributed by atoms with Crippen LogP contribution in [0.1, 0.15) is 6.92 Å². The van der Waals surface area contributed by atoms with Gasteiger partial charge in [0.1, 0.15) is 11.6 Å². The Morgan fingerprint density at radius 2 is 1.36 bits per heavy atom. The van der Waals surface area contributed by atoms with Crippen molar-refractivity contribution in [3.05, 3.63) is 73.1 Å². The smallest absolute Gasteiger partial charge is 0.222 e. The van der Waals surface area contributed by atoms with Gasteiger partial charge in [-0.15, -0.1) is 0 Å². The number of rotatable bonds is 1. The number of anilines is 2. The molecule has 4 aromatic rings. The summed E-state index contributed by atoms with van der Waals surface area (Å²) in [6.45, 7) is 1.47. The molecule has 0 aliphatic carbocycles. The summed E-state index contributed by atoms with van der Waals surface area (Å²) >= 11 is 0. The van der Waals surface area contributed by atoms with E-state index in [-0.39, 0.29) is 5.91 Å². The van der Waals surface area contributed by atoms with E-state index in [2.05, 4.69) is 15.3 Å². The van der Waals surface area contributed by atoms with Gasteiger partial charge in [0, 0.05) is 30.1 Å². The Morgan fingerprint density at radius 1 is 0.840 bits per heavy atom. The second kappa shape index (κ2) is 7.40. The van der Waals surface area contributed by atoms with Crippen LogP contribution in [0.4, 0.5) is 11.6 Å². The van der Waals surface area contributed by atoms with Crippen molar-refractivity contribution in [1.82, 2.24) is 9.97 Å². The lowest BCUT2D eigenvalue weighted by Gasteiger charge is -2.02. The Morgan fingerprint density at radius 3 is 1.96 bits per heavy atom. The number of carbonyl (C=O) groups excluding carboxylic acids is 1. The highest BCUT2D eigenvalue weighted by molar-refractivity contribution is 5.91. The zero-order valence-corrected chi connectivity index (χ0v) is 13.8. The molecule has 0 saturated carbocycles. The number of benzene rings is 2. The lowest BCUT2D eigenvalue weighted by molar-refractivity contribution is -0.114. The number of nitrogens with two attached hydrogens (primary N) is 1. The van der Waals surface area contributed by atoms with Crippen LogP contribution in [-0.2, 0) is 4.79 Å². The van der Waals surface area contributed by atoms with Gasteiger partial charge in [0.25, 0.3) is 0 Å². The molecule has 2 aromatic heterocycles. The number of nitrogens with one attached hydrogen (secondary N) is 1. The van der Waals surface area contributed by atoms with E-state index in [9.17, 15) is 4.79 Å². The SMILES string of the molecule is CC(=O)Nc1cc2ccccc2cn1.Nc1cc2ccccc2cn1. The second-order valence-corrected chi connectivity index (χ2v) is 5.55. The standard InChI is InChI=1S/C11H10N2O.C9H8N2/c1-8(14)13-11-6-9-4-2-3-5-10(9)7-12-11;10-9-5-7-3-1-2-4-8(7)6-11-9/h2-7H,1H3,(H,12,13,14);1-6H,(H2,10,11). The summed E-state index contributed by atoms with van der Waals surface area (Å²) in [5.74, 6) is 1.06. The molecule has 4 rings (SSSR count). The predicted octanol–water partition coefficient (Wildman–Crippen LogP) is 4.01. The summed E-state index contributed by atoms with van der Waals surface area (Å²) in [5, 5.41) is 7.06. The minimum absolute atomic E-state index is 0.104. The van der Waals surface area contributed by atoms with Crippen LogP contribution < -0.4 is 11.1 Å². The maximum Gasteiger partial charge on any atom is 0.222 e. The number of amides is 1. The number of pyridine rings is 2. The monoisotopic (exact) mass is 330 g/mol. The van der Waals surface area contributed by atoms with E-state index in [0.717, 1.165) is 21.5 Å². The van der Waals surface area contributed by atoms with Crippen molar-refractivity contribution >= 4 is 39.1 Å². The first kappa shape index (κ1) is 16.4. The average Bonchev–Trinajstić information content (AvgIpc) is 2.61. The molecule has 0 saturated heterocycles. The molecule has 2 aromatic carbocycles. The molecule has 5 heteroatoms. The number of nitrogen functional groups attached to an aromatic ring is 1. The molecule has 5 nitrogen and oxygen atoms in total. The van der Waals surface area contributed by atoms with E-state index in [1.807, 2.05) is 60.7 Å². The van der Waals surface area contributed by atoms with Gasteiger partial charge in [-0.25, -0.2) is 9.97 Å². The largest absolute Gasteiger partial charge is 0.384 e. The molecule has 0 fully saturated rings. The Hall–Kier alpha value is -3.47. The second-order valence-electron chi connectivity index (χ2n) is 5.55. The molecule has 1 amide bonds. The normalized spacial score (nSPS) is 10.1. The van der Waals surface area contributed by atoms with E-state index in [0.29, 0.717) is 11.6 Å². The summed E-state index contributed by atoms with van der Waals surface area (Å²) < 4.78 is 0. The van der Waals surface area contributed by atoms with Crippen molar-refractivity contribution < 1.29 is 4.79 Å². The van der Waals surface area contributed by atoms with Gasteiger partial charge in [0.2, 0.25) is 5.91 Å². The number of hydrogen-bond acceptors (Lipinski definition) is 4. The summed E-state index contributed by atoms with van der Waals surface area (Å²) in [7, 11) is 0.